The fraction of sp³-hybridized carbons (Fsp3) is 0.353. The highest BCUT2D eigenvalue weighted by molar-refractivity contribution is 7.92. The molecule has 2 N–H and O–H groups in total. The van der Waals surface area contributed by atoms with Gasteiger partial charge in [0.25, 0.3) is 10.0 Å². The fourth-order valence-corrected chi connectivity index (χ4v) is 3.70. The van der Waals surface area contributed by atoms with Crippen LogP contribution in [0.1, 0.15) is 26.2 Å². The molecule has 0 saturated carbocycles. The van der Waals surface area contributed by atoms with E-state index in [1.165, 1.54) is 25.4 Å². The molecule has 0 bridgehead atoms. The van der Waals surface area contributed by atoms with E-state index in [1.807, 2.05) is 0 Å². The Kier molecular flexibility index (Phi) is 6.90. The first-order chi connectivity index (χ1) is 12.0. The largest absolute Gasteiger partial charge is 0.495 e. The Morgan fingerprint density at radius 3 is 2.64 bits per heavy atom. The van der Waals surface area contributed by atoms with Crippen molar-refractivity contribution in [3.63, 3.8) is 0 Å². The second kappa shape index (κ2) is 8.92. The molecule has 1 heterocycles. The molecule has 0 amide bonds. The van der Waals surface area contributed by atoms with Crippen molar-refractivity contribution in [1.29, 1.82) is 0 Å². The third-order valence-electron chi connectivity index (χ3n) is 3.52. The van der Waals surface area contributed by atoms with Crippen molar-refractivity contribution in [2.45, 2.75) is 31.1 Å². The molecule has 1 aromatic heterocycles. The second-order valence-electron chi connectivity index (χ2n) is 5.47. The number of nitrogens with one attached hydrogen (secondary N) is 2. The van der Waals surface area contributed by atoms with E-state index in [0.29, 0.717) is 16.5 Å². The maximum atomic E-state index is 12.6. The van der Waals surface area contributed by atoms with Crippen molar-refractivity contribution in [3.8, 4) is 5.75 Å². The molecule has 1 aromatic carbocycles. The van der Waals surface area contributed by atoms with Gasteiger partial charge in [-0.2, -0.15) is 0 Å². The molecule has 0 spiro atoms. The Bertz CT molecular complexity index is 795. The lowest BCUT2D eigenvalue weighted by Crippen LogP contribution is -2.14. The van der Waals surface area contributed by atoms with Crippen LogP contribution in [0.4, 0.5) is 11.5 Å². The molecular formula is C17H22ClN3O3S. The minimum Gasteiger partial charge on any atom is -0.495 e. The number of rotatable bonds is 9. The van der Waals surface area contributed by atoms with Crippen LogP contribution < -0.4 is 14.8 Å². The lowest BCUT2D eigenvalue weighted by atomic mass is 10.2. The number of nitrogens with zero attached hydrogens (tertiary/aromatic N) is 1. The van der Waals surface area contributed by atoms with Gasteiger partial charge in [0.15, 0.2) is 0 Å². The molecule has 0 atom stereocenters. The van der Waals surface area contributed by atoms with Gasteiger partial charge in [-0.15, -0.1) is 0 Å². The summed E-state index contributed by atoms with van der Waals surface area (Å²) in [5.41, 5.74) is 0.362. The van der Waals surface area contributed by atoms with Crippen molar-refractivity contribution >= 4 is 33.1 Å². The number of aromatic nitrogens is 1. The molecule has 6 nitrogen and oxygen atoms in total. The minimum atomic E-state index is -3.84. The molecule has 2 rings (SSSR count). The quantitative estimate of drug-likeness (QED) is 0.636. The van der Waals surface area contributed by atoms with Crippen LogP contribution in [0.25, 0.3) is 0 Å². The number of anilines is 2. The monoisotopic (exact) mass is 383 g/mol. The summed E-state index contributed by atoms with van der Waals surface area (Å²) in [5, 5.41) is 3.51. The number of pyridine rings is 1. The van der Waals surface area contributed by atoms with Gasteiger partial charge in [-0.1, -0.05) is 31.4 Å². The zero-order valence-corrected chi connectivity index (χ0v) is 15.8. The molecule has 0 radical (unpaired) electrons. The van der Waals surface area contributed by atoms with Gasteiger partial charge in [-0.05, 0) is 36.8 Å². The fourth-order valence-electron chi connectivity index (χ4n) is 2.22. The summed E-state index contributed by atoms with van der Waals surface area (Å²) in [5.74, 6) is 0.929. The van der Waals surface area contributed by atoms with Crippen LogP contribution >= 0.6 is 11.6 Å². The van der Waals surface area contributed by atoms with Crippen molar-refractivity contribution in [2.24, 2.45) is 0 Å². The van der Waals surface area contributed by atoms with E-state index in [9.17, 15) is 8.42 Å². The predicted molar refractivity (Wildman–Crippen MR) is 101 cm³/mol. The zero-order valence-electron chi connectivity index (χ0n) is 14.3. The summed E-state index contributed by atoms with van der Waals surface area (Å²) in [7, 11) is -2.43. The molecule has 0 aliphatic heterocycles. The lowest BCUT2D eigenvalue weighted by molar-refractivity contribution is 0.403. The summed E-state index contributed by atoms with van der Waals surface area (Å²) in [6.45, 7) is 2.99. The Balaban J connectivity index is 2.09. The zero-order chi connectivity index (χ0) is 18.3. The Hall–Kier alpha value is -1.99. The number of hydrogen-bond acceptors (Lipinski definition) is 5. The third kappa shape index (κ3) is 5.51. The number of benzene rings is 1. The smallest absolute Gasteiger partial charge is 0.265 e. The standard InChI is InChI=1S/C17H22ClN3O3S/c1-3-4-5-10-19-17-9-7-14(12-20-17)21-25(22,23)16-11-13(18)6-8-15(16)24-2/h6-9,11-12,21H,3-5,10H2,1-2H3,(H,19,20). The van der Waals surface area contributed by atoms with E-state index in [-0.39, 0.29) is 10.6 Å². The van der Waals surface area contributed by atoms with Crippen LogP contribution in [-0.4, -0.2) is 27.1 Å². The molecule has 0 saturated heterocycles. The van der Waals surface area contributed by atoms with Crippen LogP contribution in [0.15, 0.2) is 41.4 Å². The highest BCUT2D eigenvalue weighted by Crippen LogP contribution is 2.28. The minimum absolute atomic E-state index is 0.0238. The summed E-state index contributed by atoms with van der Waals surface area (Å²) in [6, 6.07) is 7.82. The van der Waals surface area contributed by atoms with Crippen LogP contribution in [0.5, 0.6) is 5.75 Å². The molecular weight excluding hydrogens is 362 g/mol. The van der Waals surface area contributed by atoms with Crippen molar-refractivity contribution in [1.82, 2.24) is 4.98 Å². The Morgan fingerprint density at radius 1 is 1.20 bits per heavy atom. The molecule has 0 aliphatic carbocycles. The highest BCUT2D eigenvalue weighted by atomic mass is 35.5. The molecule has 2 aromatic rings. The van der Waals surface area contributed by atoms with Crippen molar-refractivity contribution in [3.05, 3.63) is 41.6 Å². The third-order valence-corrected chi connectivity index (χ3v) is 5.15. The van der Waals surface area contributed by atoms with Gasteiger partial charge in [0.2, 0.25) is 0 Å². The molecule has 0 aliphatic rings. The first-order valence-electron chi connectivity index (χ1n) is 8.02. The molecule has 25 heavy (non-hydrogen) atoms. The Labute approximate surface area is 153 Å². The van der Waals surface area contributed by atoms with Crippen LogP contribution in [0.3, 0.4) is 0 Å². The first-order valence-corrected chi connectivity index (χ1v) is 9.88. The van der Waals surface area contributed by atoms with Gasteiger partial charge >= 0.3 is 0 Å². The second-order valence-corrected chi connectivity index (χ2v) is 7.55. The van der Waals surface area contributed by atoms with Crippen molar-refractivity contribution in [2.75, 3.05) is 23.7 Å². The van der Waals surface area contributed by atoms with Crippen molar-refractivity contribution < 1.29 is 13.2 Å². The van der Waals surface area contributed by atoms with E-state index in [1.54, 1.807) is 18.2 Å². The average molecular weight is 384 g/mol. The Morgan fingerprint density at radius 2 is 2.00 bits per heavy atom. The number of methoxy groups -OCH3 is 1. The molecule has 0 unspecified atom stereocenters. The van der Waals surface area contributed by atoms with Crippen LogP contribution in [0, 0.1) is 0 Å². The van der Waals surface area contributed by atoms with E-state index in [0.717, 1.165) is 25.8 Å². The van der Waals surface area contributed by atoms with Crippen LogP contribution in [0.2, 0.25) is 5.02 Å². The van der Waals surface area contributed by atoms with Gasteiger partial charge < -0.3 is 10.1 Å². The summed E-state index contributed by atoms with van der Waals surface area (Å²) >= 11 is 5.91. The number of hydrogen-bond donors (Lipinski definition) is 2. The number of ether oxygens (including phenoxy) is 1. The van der Waals surface area contributed by atoms with E-state index < -0.39 is 10.0 Å². The van der Waals surface area contributed by atoms with E-state index in [4.69, 9.17) is 16.3 Å². The maximum Gasteiger partial charge on any atom is 0.265 e. The number of halogens is 1. The highest BCUT2D eigenvalue weighted by Gasteiger charge is 2.20. The summed E-state index contributed by atoms with van der Waals surface area (Å²) < 4.78 is 32.7. The van der Waals surface area contributed by atoms with Gasteiger partial charge in [0.05, 0.1) is 19.0 Å². The van der Waals surface area contributed by atoms with E-state index in [2.05, 4.69) is 21.9 Å². The van der Waals surface area contributed by atoms with Gasteiger partial charge in [-0.3, -0.25) is 4.72 Å². The van der Waals surface area contributed by atoms with Gasteiger partial charge in [-0.25, -0.2) is 13.4 Å². The first kappa shape index (κ1) is 19.3. The topological polar surface area (TPSA) is 80.3 Å². The molecule has 0 fully saturated rings. The number of unbranched alkanes of at least 4 members (excludes halogenated alkanes) is 2. The van der Waals surface area contributed by atoms with Crippen LogP contribution in [-0.2, 0) is 10.0 Å². The molecule has 136 valence electrons. The predicted octanol–water partition coefficient (Wildman–Crippen LogP) is 4.15. The van der Waals surface area contributed by atoms with E-state index >= 15 is 0 Å². The molecule has 8 heteroatoms. The van der Waals surface area contributed by atoms with Gasteiger partial charge in [0, 0.05) is 11.6 Å². The number of sulfonamides is 1. The van der Waals surface area contributed by atoms with Gasteiger partial charge in [0.1, 0.15) is 16.5 Å². The lowest BCUT2D eigenvalue weighted by Gasteiger charge is -2.12. The summed E-state index contributed by atoms with van der Waals surface area (Å²) in [6.07, 6.45) is 4.85. The maximum absolute atomic E-state index is 12.6. The normalized spacial score (nSPS) is 11.2. The SMILES string of the molecule is CCCCCNc1ccc(NS(=O)(=O)c2cc(Cl)ccc2OC)cn1. The average Bonchev–Trinajstić information content (AvgIpc) is 2.60. The summed E-state index contributed by atoms with van der Waals surface area (Å²) in [4.78, 5) is 4.20.